The van der Waals surface area contributed by atoms with Crippen molar-refractivity contribution in [3.8, 4) is 0 Å². The van der Waals surface area contributed by atoms with Crippen LogP contribution in [-0.4, -0.2) is 35.7 Å². The Hall–Kier alpha value is -3.82. The number of benzene rings is 2. The number of rotatable bonds is 7. The molecule has 3 rings (SSSR count). The molecular formula is C21H21FN4O5. The second-order valence-electron chi connectivity index (χ2n) is 7.12. The lowest BCUT2D eigenvalue weighted by Gasteiger charge is -2.17. The van der Waals surface area contributed by atoms with E-state index in [4.69, 9.17) is 0 Å². The number of nitrogens with one attached hydrogen (secondary N) is 2. The predicted octanol–water partition coefficient (Wildman–Crippen LogP) is 2.87. The summed E-state index contributed by atoms with van der Waals surface area (Å²) in [5.74, 6) is -2.77. The first-order chi connectivity index (χ1) is 14.8. The molecule has 0 aliphatic carbocycles. The molecule has 1 atom stereocenters. The van der Waals surface area contributed by atoms with Gasteiger partial charge in [-0.25, -0.2) is 0 Å². The molecule has 1 unspecified atom stereocenters. The number of carbonyl (C=O) groups excluding carboxylic acids is 3. The van der Waals surface area contributed by atoms with Gasteiger partial charge in [0.1, 0.15) is 0 Å². The summed E-state index contributed by atoms with van der Waals surface area (Å²) in [5, 5.41) is 16.4. The van der Waals surface area contributed by atoms with E-state index >= 15 is 0 Å². The lowest BCUT2D eigenvalue weighted by Crippen LogP contribution is -2.28. The van der Waals surface area contributed by atoms with Gasteiger partial charge >= 0.3 is 5.69 Å². The molecule has 0 saturated carbocycles. The van der Waals surface area contributed by atoms with Crippen LogP contribution in [0.2, 0.25) is 0 Å². The summed E-state index contributed by atoms with van der Waals surface area (Å²) >= 11 is 0. The van der Waals surface area contributed by atoms with Crippen molar-refractivity contribution >= 4 is 34.8 Å². The highest BCUT2D eigenvalue weighted by atomic mass is 19.1. The lowest BCUT2D eigenvalue weighted by atomic mass is 10.1. The summed E-state index contributed by atoms with van der Waals surface area (Å²) in [6.07, 6.45) is 0.708. The fourth-order valence-corrected chi connectivity index (χ4v) is 3.26. The maximum Gasteiger partial charge on any atom is 0.306 e. The Morgan fingerprint density at radius 3 is 2.74 bits per heavy atom. The Kier molecular flexibility index (Phi) is 6.58. The van der Waals surface area contributed by atoms with Crippen LogP contribution in [0.4, 0.5) is 21.5 Å². The molecule has 1 fully saturated rings. The van der Waals surface area contributed by atoms with Gasteiger partial charge in [0.25, 0.3) is 5.91 Å². The van der Waals surface area contributed by atoms with Crippen LogP contribution in [-0.2, 0) is 9.59 Å². The van der Waals surface area contributed by atoms with Crippen LogP contribution < -0.4 is 15.5 Å². The van der Waals surface area contributed by atoms with Crippen LogP contribution in [0, 0.1) is 21.8 Å². The molecule has 0 spiro atoms. The van der Waals surface area contributed by atoms with Crippen molar-refractivity contribution in [2.75, 3.05) is 23.3 Å². The molecule has 10 heteroatoms. The summed E-state index contributed by atoms with van der Waals surface area (Å²) < 4.78 is 13.6. The second kappa shape index (κ2) is 9.33. The number of anilines is 2. The van der Waals surface area contributed by atoms with Gasteiger partial charge in [-0.15, -0.1) is 0 Å². The van der Waals surface area contributed by atoms with Gasteiger partial charge in [-0.1, -0.05) is 13.0 Å². The highest BCUT2D eigenvalue weighted by Crippen LogP contribution is 2.30. The van der Waals surface area contributed by atoms with Crippen molar-refractivity contribution in [1.82, 2.24) is 5.32 Å². The van der Waals surface area contributed by atoms with Crippen LogP contribution >= 0.6 is 0 Å². The second-order valence-corrected chi connectivity index (χ2v) is 7.12. The number of carbonyl (C=O) groups is 3. The number of nitrogens with zero attached hydrogens (tertiary/aromatic N) is 2. The van der Waals surface area contributed by atoms with E-state index in [1.54, 1.807) is 24.3 Å². The number of halogens is 1. The zero-order chi connectivity index (χ0) is 22.5. The molecule has 2 aromatic rings. The first-order valence-electron chi connectivity index (χ1n) is 9.73. The van der Waals surface area contributed by atoms with E-state index in [1.165, 1.54) is 11.0 Å². The van der Waals surface area contributed by atoms with Gasteiger partial charge in [0, 0.05) is 36.8 Å². The lowest BCUT2D eigenvalue weighted by molar-refractivity contribution is -0.387. The Bertz CT molecular complexity index is 1040. The van der Waals surface area contributed by atoms with E-state index in [1.807, 2.05) is 6.92 Å². The van der Waals surface area contributed by atoms with Crippen molar-refractivity contribution in [3.05, 3.63) is 64.0 Å². The average Bonchev–Trinajstić information content (AvgIpc) is 3.14. The van der Waals surface area contributed by atoms with Crippen molar-refractivity contribution < 1.29 is 23.7 Å². The highest BCUT2D eigenvalue weighted by molar-refractivity contribution is 6.04. The Morgan fingerprint density at radius 1 is 1.26 bits per heavy atom. The molecule has 1 heterocycles. The molecule has 0 bridgehead atoms. The largest absolute Gasteiger partial charge is 0.352 e. The number of hydrogen-bond acceptors (Lipinski definition) is 5. The maximum atomic E-state index is 13.6. The summed E-state index contributed by atoms with van der Waals surface area (Å²) in [7, 11) is 0. The monoisotopic (exact) mass is 428 g/mol. The van der Waals surface area contributed by atoms with Crippen molar-refractivity contribution in [2.45, 2.75) is 19.8 Å². The molecule has 2 N–H and O–H groups in total. The zero-order valence-corrected chi connectivity index (χ0v) is 16.8. The fraction of sp³-hybridized carbons (Fsp3) is 0.286. The van der Waals surface area contributed by atoms with Gasteiger partial charge in [-0.05, 0) is 36.8 Å². The minimum atomic E-state index is -1.00. The summed E-state index contributed by atoms with van der Waals surface area (Å²) in [6.45, 7) is 2.48. The molecule has 1 saturated heterocycles. The molecule has 1 aliphatic heterocycles. The first kappa shape index (κ1) is 21.9. The van der Waals surface area contributed by atoms with Crippen LogP contribution in [0.25, 0.3) is 0 Å². The summed E-state index contributed by atoms with van der Waals surface area (Å²) in [4.78, 5) is 48.4. The molecule has 0 aromatic heterocycles. The van der Waals surface area contributed by atoms with E-state index in [2.05, 4.69) is 10.6 Å². The van der Waals surface area contributed by atoms with Gasteiger partial charge in [0.05, 0.1) is 16.5 Å². The van der Waals surface area contributed by atoms with E-state index < -0.39 is 34.2 Å². The molecule has 3 amide bonds. The van der Waals surface area contributed by atoms with Crippen molar-refractivity contribution in [1.29, 1.82) is 0 Å². The Labute approximate surface area is 177 Å². The third-order valence-electron chi connectivity index (χ3n) is 4.86. The normalized spacial score (nSPS) is 15.6. The smallest absolute Gasteiger partial charge is 0.306 e. The minimum absolute atomic E-state index is 0.00410. The predicted molar refractivity (Wildman–Crippen MR) is 111 cm³/mol. The molecular weight excluding hydrogens is 407 g/mol. The average molecular weight is 428 g/mol. The van der Waals surface area contributed by atoms with Gasteiger partial charge in [0.15, 0.2) is 0 Å². The maximum absolute atomic E-state index is 13.6. The SMILES string of the molecule is CCCNC(=O)c1cccc(NC(=O)C2CC(=O)N(c3ccc(F)c([N+](=O)[O-])c3)C2)c1. The van der Waals surface area contributed by atoms with Crippen LogP contribution in [0.15, 0.2) is 42.5 Å². The minimum Gasteiger partial charge on any atom is -0.352 e. The fourth-order valence-electron chi connectivity index (χ4n) is 3.26. The summed E-state index contributed by atoms with van der Waals surface area (Å²) in [6, 6.07) is 9.60. The van der Waals surface area contributed by atoms with Gasteiger partial charge in [0.2, 0.25) is 17.6 Å². The first-order valence-corrected chi connectivity index (χ1v) is 9.73. The summed E-state index contributed by atoms with van der Waals surface area (Å²) in [5.41, 5.74) is 0.228. The van der Waals surface area contributed by atoms with Gasteiger partial charge < -0.3 is 15.5 Å². The quantitative estimate of drug-likeness (QED) is 0.519. The van der Waals surface area contributed by atoms with Gasteiger partial charge in [-0.3, -0.25) is 24.5 Å². The third-order valence-corrected chi connectivity index (χ3v) is 4.86. The van der Waals surface area contributed by atoms with Crippen molar-refractivity contribution in [2.24, 2.45) is 5.92 Å². The Morgan fingerprint density at radius 2 is 2.03 bits per heavy atom. The topological polar surface area (TPSA) is 122 Å². The number of hydrogen-bond donors (Lipinski definition) is 2. The van der Waals surface area contributed by atoms with Crippen LogP contribution in [0.3, 0.4) is 0 Å². The molecule has 2 aromatic carbocycles. The van der Waals surface area contributed by atoms with E-state index in [0.29, 0.717) is 17.8 Å². The Balaban J connectivity index is 1.69. The third kappa shape index (κ3) is 5.03. The number of nitro benzene ring substituents is 1. The number of nitro groups is 1. The molecule has 162 valence electrons. The standard InChI is InChI=1S/C21H21FN4O5/c1-2-8-23-20(28)13-4-3-5-15(9-13)24-21(29)14-10-19(27)25(12-14)16-6-7-17(22)18(11-16)26(30)31/h3-7,9,11,14H,2,8,10,12H2,1H3,(H,23,28)(H,24,29). The number of amides is 3. The van der Waals surface area contributed by atoms with E-state index in [-0.39, 0.29) is 24.6 Å². The molecule has 1 aliphatic rings. The van der Waals surface area contributed by atoms with E-state index in [0.717, 1.165) is 18.6 Å². The molecule has 9 nitrogen and oxygen atoms in total. The highest BCUT2D eigenvalue weighted by Gasteiger charge is 2.36. The van der Waals surface area contributed by atoms with Crippen molar-refractivity contribution in [3.63, 3.8) is 0 Å². The van der Waals surface area contributed by atoms with Crippen LogP contribution in [0.1, 0.15) is 30.1 Å². The zero-order valence-electron chi connectivity index (χ0n) is 16.8. The molecule has 0 radical (unpaired) electrons. The van der Waals surface area contributed by atoms with E-state index in [9.17, 15) is 28.9 Å². The van der Waals surface area contributed by atoms with Gasteiger partial charge in [-0.2, -0.15) is 4.39 Å². The van der Waals surface area contributed by atoms with Crippen LogP contribution in [0.5, 0.6) is 0 Å². The molecule has 31 heavy (non-hydrogen) atoms.